The van der Waals surface area contributed by atoms with E-state index in [4.69, 9.17) is 0 Å². The summed E-state index contributed by atoms with van der Waals surface area (Å²) in [6.07, 6.45) is 37.9. The van der Waals surface area contributed by atoms with Crippen molar-refractivity contribution in [2.45, 2.75) is 192 Å². The first-order chi connectivity index (χ1) is 31.2. The van der Waals surface area contributed by atoms with E-state index in [1.54, 1.807) is 66.5 Å². The van der Waals surface area contributed by atoms with Gasteiger partial charge in [-0.25, -0.2) is 0 Å². The van der Waals surface area contributed by atoms with Crippen LogP contribution in [-0.4, -0.2) is 6.71 Å². The third kappa shape index (κ3) is 7.60. The van der Waals surface area contributed by atoms with E-state index in [9.17, 15) is 0 Å². The molecule has 5 aromatic carbocycles. The summed E-state index contributed by atoms with van der Waals surface area (Å²) >= 11 is 0. The lowest BCUT2D eigenvalue weighted by molar-refractivity contribution is 0.444. The summed E-state index contributed by atoms with van der Waals surface area (Å²) in [7, 11) is 0. The second-order valence-corrected chi connectivity index (χ2v) is 21.3. The molecular weight excluding hydrogens is 759 g/mol. The minimum atomic E-state index is 0.216. The monoisotopic (exact) mass is 831 g/mol. The minimum Gasteiger partial charge on any atom is -0.311 e. The SMILES string of the molecule is c1cc2c(cc1N1c3cc4c(cc3B3c5cc6c(cc5N(c5ccc7c(c5)CCCCCC7)c5cc(C7CCCCC7)cc1c53)CCCCCC6)CCCCCC4)CCCCCC2. The standard InChI is InChI=1S/C60H71BN2/c1-3-12-24-45-34-52(32-30-43(45)22-10-1)62-56-38-49-28-16-7-5-14-26-47(49)36-54(56)61-55-37-48-27-15-6-8-17-29-50(48)39-57(55)63(53-33-31-44-23-11-2-4-13-25-46(44)35-53)59-41-51(40-58(62)60(59)61)42-20-18-9-19-21-42/h30-42H,1-29H2. The highest BCUT2D eigenvalue weighted by molar-refractivity contribution is 7.00. The van der Waals surface area contributed by atoms with Gasteiger partial charge in [0.2, 0.25) is 0 Å². The molecule has 12 rings (SSSR count). The van der Waals surface area contributed by atoms with Crippen molar-refractivity contribution in [2.24, 2.45) is 0 Å². The molecular formula is C60H71BN2. The molecule has 0 unspecified atom stereocenters. The average Bonchev–Trinajstić information content (AvgIpc) is 3.27. The van der Waals surface area contributed by atoms with Gasteiger partial charge in [-0.2, -0.15) is 0 Å². The minimum absolute atomic E-state index is 0.216. The van der Waals surface area contributed by atoms with Crippen LogP contribution in [0.1, 0.15) is 191 Å². The van der Waals surface area contributed by atoms with Gasteiger partial charge < -0.3 is 9.80 Å². The van der Waals surface area contributed by atoms with Crippen molar-refractivity contribution in [3.8, 4) is 0 Å². The molecule has 0 radical (unpaired) electrons. The molecule has 324 valence electrons. The van der Waals surface area contributed by atoms with Gasteiger partial charge in [-0.3, -0.25) is 0 Å². The Balaban J connectivity index is 1.15. The molecule has 2 aliphatic heterocycles. The zero-order chi connectivity index (χ0) is 41.7. The number of hydrogen-bond acceptors (Lipinski definition) is 2. The van der Waals surface area contributed by atoms with Gasteiger partial charge >= 0.3 is 0 Å². The number of aryl methyl sites for hydroxylation is 8. The molecule has 0 aromatic heterocycles. The number of benzene rings is 5. The van der Waals surface area contributed by atoms with Crippen LogP contribution in [0.3, 0.4) is 0 Å². The number of anilines is 6. The first-order valence-electron chi connectivity index (χ1n) is 26.6. The highest BCUT2D eigenvalue weighted by Crippen LogP contribution is 2.49. The van der Waals surface area contributed by atoms with Crippen LogP contribution in [0.4, 0.5) is 34.1 Å². The Labute approximate surface area is 380 Å². The molecule has 0 N–H and O–H groups in total. The maximum absolute atomic E-state index is 2.83. The van der Waals surface area contributed by atoms with Gasteiger partial charge in [0.15, 0.2) is 0 Å². The normalized spacial score (nSPS) is 20.3. The average molecular weight is 831 g/mol. The number of rotatable bonds is 3. The van der Waals surface area contributed by atoms with Gasteiger partial charge in [0.1, 0.15) is 0 Å². The molecule has 0 bridgehead atoms. The lowest BCUT2D eigenvalue weighted by Crippen LogP contribution is -2.61. The molecule has 0 atom stereocenters. The van der Waals surface area contributed by atoms with E-state index >= 15 is 0 Å². The van der Waals surface area contributed by atoms with Gasteiger partial charge in [0.25, 0.3) is 6.71 Å². The lowest BCUT2D eigenvalue weighted by atomic mass is 9.33. The van der Waals surface area contributed by atoms with Crippen LogP contribution in [0.25, 0.3) is 0 Å². The maximum atomic E-state index is 2.83. The van der Waals surface area contributed by atoms with E-state index in [-0.39, 0.29) is 6.71 Å². The zero-order valence-electron chi connectivity index (χ0n) is 38.5. The molecule has 0 saturated heterocycles. The summed E-state index contributed by atoms with van der Waals surface area (Å²) in [6.45, 7) is 0.216. The van der Waals surface area contributed by atoms with E-state index in [2.05, 4.69) is 82.6 Å². The quantitative estimate of drug-likeness (QED) is 0.164. The fourth-order valence-corrected chi connectivity index (χ4v) is 13.8. The summed E-state index contributed by atoms with van der Waals surface area (Å²) < 4.78 is 0. The van der Waals surface area contributed by atoms with Crippen molar-refractivity contribution >= 4 is 57.2 Å². The van der Waals surface area contributed by atoms with Crippen molar-refractivity contribution in [2.75, 3.05) is 9.80 Å². The van der Waals surface area contributed by atoms with Crippen molar-refractivity contribution in [1.82, 2.24) is 0 Å². The molecule has 0 amide bonds. The van der Waals surface area contributed by atoms with E-state index < -0.39 is 0 Å². The second kappa shape index (κ2) is 17.6. The molecule has 0 spiro atoms. The summed E-state index contributed by atoms with van der Waals surface area (Å²) in [5, 5.41) is 0. The molecule has 3 heteroatoms. The van der Waals surface area contributed by atoms with Crippen molar-refractivity contribution in [3.05, 3.63) is 123 Å². The number of fused-ring (bicyclic) bond motifs is 8. The zero-order valence-corrected chi connectivity index (χ0v) is 38.5. The fraction of sp³-hybridized carbons (Fsp3) is 0.500. The van der Waals surface area contributed by atoms with E-state index in [1.165, 1.54) is 220 Å². The van der Waals surface area contributed by atoms with Crippen LogP contribution in [0.5, 0.6) is 0 Å². The topological polar surface area (TPSA) is 6.48 Å². The molecule has 2 heterocycles. The Morgan fingerprint density at radius 1 is 0.317 bits per heavy atom. The summed E-state index contributed by atoms with van der Waals surface area (Å²) in [4.78, 5) is 5.65. The van der Waals surface area contributed by atoms with E-state index in [1.807, 2.05) is 0 Å². The highest BCUT2D eigenvalue weighted by atomic mass is 15.2. The molecule has 5 aromatic rings. The Kier molecular flexibility index (Phi) is 11.3. The van der Waals surface area contributed by atoms with Gasteiger partial charge in [0, 0.05) is 34.1 Å². The smallest absolute Gasteiger partial charge is 0.252 e. The van der Waals surface area contributed by atoms with Crippen LogP contribution in [0, 0.1) is 0 Å². The van der Waals surface area contributed by atoms with E-state index in [0.29, 0.717) is 5.92 Å². The van der Waals surface area contributed by atoms with Crippen molar-refractivity contribution in [1.29, 1.82) is 0 Å². The van der Waals surface area contributed by atoms with Crippen molar-refractivity contribution in [3.63, 3.8) is 0 Å². The van der Waals surface area contributed by atoms with Gasteiger partial charge in [-0.05, 0) is 236 Å². The Hall–Kier alpha value is -4.24. The predicted octanol–water partition coefficient (Wildman–Crippen LogP) is 14.5. The first-order valence-corrected chi connectivity index (χ1v) is 26.6. The third-order valence-electron chi connectivity index (χ3n) is 17.3. The fourth-order valence-electron chi connectivity index (χ4n) is 13.8. The molecule has 1 saturated carbocycles. The van der Waals surface area contributed by atoms with Crippen LogP contribution < -0.4 is 26.2 Å². The largest absolute Gasteiger partial charge is 0.311 e. The van der Waals surface area contributed by atoms with Crippen LogP contribution in [0.2, 0.25) is 0 Å². The first kappa shape index (κ1) is 40.3. The van der Waals surface area contributed by atoms with Crippen LogP contribution >= 0.6 is 0 Å². The van der Waals surface area contributed by atoms with Gasteiger partial charge in [-0.1, -0.05) is 94.9 Å². The summed E-state index contributed by atoms with van der Waals surface area (Å²) in [6, 6.07) is 32.0. The van der Waals surface area contributed by atoms with Crippen LogP contribution in [0.15, 0.2) is 72.8 Å². The van der Waals surface area contributed by atoms with E-state index in [0.717, 1.165) is 0 Å². The predicted molar refractivity (Wildman–Crippen MR) is 270 cm³/mol. The lowest BCUT2D eigenvalue weighted by Gasteiger charge is -2.46. The van der Waals surface area contributed by atoms with Crippen LogP contribution in [-0.2, 0) is 51.4 Å². The molecule has 5 aliphatic carbocycles. The Morgan fingerprint density at radius 3 is 1.08 bits per heavy atom. The molecule has 7 aliphatic rings. The van der Waals surface area contributed by atoms with Gasteiger partial charge in [-0.15, -0.1) is 0 Å². The third-order valence-corrected chi connectivity index (χ3v) is 17.3. The Morgan fingerprint density at radius 2 is 0.667 bits per heavy atom. The molecule has 63 heavy (non-hydrogen) atoms. The number of hydrogen-bond donors (Lipinski definition) is 0. The van der Waals surface area contributed by atoms with Gasteiger partial charge in [0.05, 0.1) is 0 Å². The number of nitrogens with zero attached hydrogens (tertiary/aromatic N) is 2. The maximum Gasteiger partial charge on any atom is 0.252 e. The highest BCUT2D eigenvalue weighted by Gasteiger charge is 2.45. The Bertz CT molecular complexity index is 2340. The van der Waals surface area contributed by atoms with Crippen molar-refractivity contribution < 1.29 is 0 Å². The molecule has 1 fully saturated rings. The second-order valence-electron chi connectivity index (χ2n) is 21.3. The summed E-state index contributed by atoms with van der Waals surface area (Å²) in [5.41, 5.74) is 27.8. The molecule has 2 nitrogen and oxygen atoms in total. The summed E-state index contributed by atoms with van der Waals surface area (Å²) in [5.74, 6) is 0.614.